The average Bonchev–Trinajstić information content (AvgIpc) is 2.34. The summed E-state index contributed by atoms with van der Waals surface area (Å²) in [6.07, 6.45) is 0. The molecule has 1 rings (SSSR count). The summed E-state index contributed by atoms with van der Waals surface area (Å²) in [6.45, 7) is 9.81. The molecular weight excluding hydrogens is 255 g/mol. The van der Waals surface area contributed by atoms with E-state index in [4.69, 9.17) is 5.73 Å². The molecule has 0 bridgehead atoms. The van der Waals surface area contributed by atoms with Crippen molar-refractivity contribution < 1.29 is 9.18 Å². The maximum atomic E-state index is 13.0. The van der Waals surface area contributed by atoms with Gasteiger partial charge >= 0.3 is 0 Å². The Hall–Kier alpha value is -1.42. The predicted octanol–water partition coefficient (Wildman–Crippen LogP) is 3.01. The lowest BCUT2D eigenvalue weighted by Gasteiger charge is -2.30. The van der Waals surface area contributed by atoms with E-state index < -0.39 is 6.04 Å². The highest BCUT2D eigenvalue weighted by Crippen LogP contribution is 2.24. The minimum absolute atomic E-state index is 0.170. The molecule has 0 saturated heterocycles. The summed E-state index contributed by atoms with van der Waals surface area (Å²) in [4.78, 5) is 12.2. The lowest BCUT2D eigenvalue weighted by Crippen LogP contribution is -2.50. The Morgan fingerprint density at radius 1 is 1.20 bits per heavy atom. The summed E-state index contributed by atoms with van der Waals surface area (Å²) in [5.74, 6) is -0.272. The van der Waals surface area contributed by atoms with Crippen molar-refractivity contribution in [3.05, 3.63) is 35.6 Å². The first-order valence-electron chi connectivity index (χ1n) is 6.94. The van der Waals surface area contributed by atoms with Gasteiger partial charge in [0.05, 0.1) is 12.1 Å². The number of benzene rings is 1. The molecule has 1 unspecified atom stereocenters. The first-order chi connectivity index (χ1) is 9.12. The molecule has 2 atom stereocenters. The second-order valence-electron chi connectivity index (χ2n) is 6.63. The summed E-state index contributed by atoms with van der Waals surface area (Å²) in [5.41, 5.74) is 6.56. The van der Waals surface area contributed by atoms with E-state index >= 15 is 0 Å². The maximum Gasteiger partial charge on any atom is 0.237 e. The molecule has 0 aromatic heterocycles. The van der Waals surface area contributed by atoms with E-state index in [9.17, 15) is 9.18 Å². The molecule has 0 aliphatic rings. The highest BCUT2D eigenvalue weighted by Gasteiger charge is 2.29. The molecule has 0 heterocycles. The number of halogens is 1. The summed E-state index contributed by atoms with van der Waals surface area (Å²) in [6, 6.07) is 5.45. The Labute approximate surface area is 120 Å². The second kappa shape index (κ2) is 6.35. The number of carbonyl (C=O) groups is 1. The molecule has 0 saturated carbocycles. The Balaban J connectivity index is 2.89. The van der Waals surface area contributed by atoms with Crippen molar-refractivity contribution in [2.24, 2.45) is 17.1 Å². The van der Waals surface area contributed by atoms with Gasteiger partial charge in [0.25, 0.3) is 0 Å². The van der Waals surface area contributed by atoms with Gasteiger partial charge in [-0.1, -0.05) is 46.8 Å². The van der Waals surface area contributed by atoms with Gasteiger partial charge in [-0.25, -0.2) is 4.39 Å². The lowest BCUT2D eigenvalue weighted by atomic mass is 9.86. The summed E-state index contributed by atoms with van der Waals surface area (Å²) >= 11 is 0. The first kappa shape index (κ1) is 16.6. The van der Waals surface area contributed by atoms with Crippen LogP contribution in [0.1, 0.15) is 46.2 Å². The highest BCUT2D eigenvalue weighted by atomic mass is 19.1. The van der Waals surface area contributed by atoms with Gasteiger partial charge in [-0.3, -0.25) is 4.79 Å². The zero-order valence-electron chi connectivity index (χ0n) is 12.9. The molecule has 112 valence electrons. The van der Waals surface area contributed by atoms with E-state index in [1.54, 1.807) is 12.1 Å². The fourth-order valence-corrected chi connectivity index (χ4v) is 1.94. The zero-order chi connectivity index (χ0) is 15.5. The van der Waals surface area contributed by atoms with Gasteiger partial charge in [0.15, 0.2) is 0 Å². The summed E-state index contributed by atoms with van der Waals surface area (Å²) in [7, 11) is 0. The van der Waals surface area contributed by atoms with Crippen molar-refractivity contribution in [3.63, 3.8) is 0 Å². The standard InChI is InChI=1S/C16H25FN2O/c1-10(2)13(11-6-8-12(17)9-7-11)19-15(20)14(18)16(3,4)5/h6-10,13-14H,18H2,1-5H3,(H,19,20)/t13?,14-/m1/s1. The third-order valence-electron chi connectivity index (χ3n) is 3.41. The molecule has 3 N–H and O–H groups in total. The van der Waals surface area contributed by atoms with Gasteiger partial charge in [0.2, 0.25) is 5.91 Å². The van der Waals surface area contributed by atoms with Crippen molar-refractivity contribution in [2.75, 3.05) is 0 Å². The maximum absolute atomic E-state index is 13.0. The Bertz CT molecular complexity index is 449. The third kappa shape index (κ3) is 4.30. The Kier molecular flexibility index (Phi) is 5.28. The number of hydrogen-bond acceptors (Lipinski definition) is 2. The average molecular weight is 280 g/mol. The van der Waals surface area contributed by atoms with Crippen LogP contribution >= 0.6 is 0 Å². The summed E-state index contributed by atoms with van der Waals surface area (Å²) < 4.78 is 13.0. The van der Waals surface area contributed by atoms with Crippen LogP contribution < -0.4 is 11.1 Å². The van der Waals surface area contributed by atoms with E-state index in [0.29, 0.717) is 0 Å². The van der Waals surface area contributed by atoms with E-state index in [-0.39, 0.29) is 29.1 Å². The van der Waals surface area contributed by atoms with Crippen molar-refractivity contribution in [3.8, 4) is 0 Å². The van der Waals surface area contributed by atoms with Gasteiger partial charge in [-0.15, -0.1) is 0 Å². The van der Waals surface area contributed by atoms with E-state index in [1.165, 1.54) is 12.1 Å². The zero-order valence-corrected chi connectivity index (χ0v) is 12.9. The van der Waals surface area contributed by atoms with Crippen LogP contribution in [0.25, 0.3) is 0 Å². The van der Waals surface area contributed by atoms with Gasteiger partial charge < -0.3 is 11.1 Å². The molecular formula is C16H25FN2O. The predicted molar refractivity (Wildman–Crippen MR) is 79.6 cm³/mol. The van der Waals surface area contributed by atoms with Crippen LogP contribution in [-0.4, -0.2) is 11.9 Å². The molecule has 0 aliphatic heterocycles. The molecule has 3 nitrogen and oxygen atoms in total. The Morgan fingerprint density at radius 3 is 2.10 bits per heavy atom. The molecule has 1 aromatic carbocycles. The molecule has 0 radical (unpaired) electrons. The normalized spacial score (nSPS) is 15.0. The molecule has 1 aromatic rings. The van der Waals surface area contributed by atoms with E-state index in [2.05, 4.69) is 5.32 Å². The van der Waals surface area contributed by atoms with Crippen LogP contribution in [0.2, 0.25) is 0 Å². The number of hydrogen-bond donors (Lipinski definition) is 2. The molecule has 0 fully saturated rings. The summed E-state index contributed by atoms with van der Waals surface area (Å²) in [5, 5.41) is 2.97. The second-order valence-corrected chi connectivity index (χ2v) is 6.63. The van der Waals surface area contributed by atoms with Crippen LogP contribution in [0, 0.1) is 17.2 Å². The van der Waals surface area contributed by atoms with Crippen molar-refractivity contribution in [1.29, 1.82) is 0 Å². The lowest BCUT2D eigenvalue weighted by molar-refractivity contribution is -0.125. The van der Waals surface area contributed by atoms with Crippen molar-refractivity contribution in [1.82, 2.24) is 5.32 Å². The topological polar surface area (TPSA) is 55.1 Å². The minimum Gasteiger partial charge on any atom is -0.348 e. The van der Waals surface area contributed by atoms with Crippen molar-refractivity contribution in [2.45, 2.75) is 46.7 Å². The minimum atomic E-state index is -0.579. The quantitative estimate of drug-likeness (QED) is 0.890. The third-order valence-corrected chi connectivity index (χ3v) is 3.41. The smallest absolute Gasteiger partial charge is 0.237 e. The van der Waals surface area contributed by atoms with Gasteiger partial charge in [-0.2, -0.15) is 0 Å². The van der Waals surface area contributed by atoms with Crippen molar-refractivity contribution >= 4 is 5.91 Å². The SMILES string of the molecule is CC(C)C(NC(=O)[C@@H](N)C(C)(C)C)c1ccc(F)cc1. The van der Waals surface area contributed by atoms with Crippen LogP contribution in [0.3, 0.4) is 0 Å². The Morgan fingerprint density at radius 2 is 1.70 bits per heavy atom. The monoisotopic (exact) mass is 280 g/mol. The molecule has 4 heteroatoms. The van der Waals surface area contributed by atoms with Gasteiger partial charge in [-0.05, 0) is 29.0 Å². The molecule has 0 aliphatic carbocycles. The van der Waals surface area contributed by atoms with Crippen LogP contribution in [0.4, 0.5) is 4.39 Å². The molecule has 20 heavy (non-hydrogen) atoms. The fourth-order valence-electron chi connectivity index (χ4n) is 1.94. The van der Waals surface area contributed by atoms with Gasteiger partial charge in [0.1, 0.15) is 5.82 Å². The first-order valence-corrected chi connectivity index (χ1v) is 6.94. The number of amides is 1. The number of rotatable bonds is 4. The van der Waals surface area contributed by atoms with E-state index in [1.807, 2.05) is 34.6 Å². The number of nitrogens with two attached hydrogens (primary N) is 1. The fraction of sp³-hybridized carbons (Fsp3) is 0.562. The number of carbonyl (C=O) groups excluding carboxylic acids is 1. The molecule has 0 spiro atoms. The molecule has 1 amide bonds. The van der Waals surface area contributed by atoms with Crippen LogP contribution in [0.5, 0.6) is 0 Å². The van der Waals surface area contributed by atoms with Crippen LogP contribution in [-0.2, 0) is 4.79 Å². The van der Waals surface area contributed by atoms with Crippen LogP contribution in [0.15, 0.2) is 24.3 Å². The van der Waals surface area contributed by atoms with Gasteiger partial charge in [0, 0.05) is 0 Å². The number of nitrogens with one attached hydrogen (secondary N) is 1. The van der Waals surface area contributed by atoms with E-state index in [0.717, 1.165) is 5.56 Å². The highest BCUT2D eigenvalue weighted by molar-refractivity contribution is 5.82. The largest absolute Gasteiger partial charge is 0.348 e.